The van der Waals surface area contributed by atoms with Gasteiger partial charge < -0.3 is 112 Å². The van der Waals surface area contributed by atoms with Crippen LogP contribution in [-0.2, 0) is 57.2 Å². The first kappa shape index (κ1) is 57.4. The van der Waals surface area contributed by atoms with E-state index in [1.165, 1.54) is 14.0 Å². The van der Waals surface area contributed by atoms with Crippen LogP contribution in [0.25, 0.3) is 0 Å². The molecule has 3 aliphatic heterocycles. The summed E-state index contributed by atoms with van der Waals surface area (Å²) in [6.07, 6.45) is -24.4. The second-order valence-electron chi connectivity index (χ2n) is 15.9. The number of carboxylic acid groups (broad SMARTS) is 1. The fourth-order valence-corrected chi connectivity index (χ4v) is 8.53. The number of amides is 6. The summed E-state index contributed by atoms with van der Waals surface area (Å²) in [5.41, 5.74) is -1.60. The lowest BCUT2D eigenvalue weighted by atomic mass is 9.88. The number of nitrogens with one attached hydrogen (secondary N) is 6. The van der Waals surface area contributed by atoms with Gasteiger partial charge in [0.1, 0.15) is 84.6 Å². The molecule has 19 atom stereocenters. The Morgan fingerprint density at radius 3 is 1.90 bits per heavy atom. The number of rotatable bonds is 22. The maximum absolute atomic E-state index is 13.7. The number of aliphatic hydroxyl groups is 10. The van der Waals surface area contributed by atoms with E-state index >= 15 is 0 Å². The van der Waals surface area contributed by atoms with Crippen molar-refractivity contribution in [2.24, 2.45) is 0 Å². The molecule has 0 aromatic rings. The predicted molar refractivity (Wildman–Crippen MR) is 220 cm³/mol. The fraction of sp³-hybridized carbons (Fsp3) is 0.811. The molecule has 384 valence electrons. The van der Waals surface area contributed by atoms with Crippen LogP contribution in [0.1, 0.15) is 34.1 Å². The van der Waals surface area contributed by atoms with Crippen LogP contribution in [0.5, 0.6) is 0 Å². The summed E-state index contributed by atoms with van der Waals surface area (Å²) in [4.78, 5) is 88.7. The Balaban J connectivity index is 2.12. The van der Waals surface area contributed by atoms with Crippen LogP contribution in [0.4, 0.5) is 0 Å². The molecule has 0 aromatic heterocycles. The summed E-state index contributed by atoms with van der Waals surface area (Å²) in [6, 6.07) is -7.63. The van der Waals surface area contributed by atoms with Crippen molar-refractivity contribution in [3.8, 4) is 0 Å². The lowest BCUT2D eigenvalue weighted by molar-refractivity contribution is -0.338. The molecule has 3 fully saturated rings. The highest BCUT2D eigenvalue weighted by molar-refractivity contribution is 7.99. The third-order valence-electron chi connectivity index (χ3n) is 10.8. The maximum Gasteiger partial charge on any atom is 0.364 e. The summed E-state index contributed by atoms with van der Waals surface area (Å²) >= 11 is 0.607. The molecule has 3 saturated heterocycles. The van der Waals surface area contributed by atoms with Crippen LogP contribution in [0.15, 0.2) is 0 Å². The highest BCUT2D eigenvalue weighted by Gasteiger charge is 2.58. The zero-order chi connectivity index (χ0) is 50.7. The second-order valence-corrected chi connectivity index (χ2v) is 17.1. The Kier molecular flexibility index (Phi) is 21.9. The van der Waals surface area contributed by atoms with Crippen LogP contribution in [0, 0.1) is 0 Å². The standard InChI is InChI=1S/C37H62N6O23S/c1-12(31(57)38-5)39-33(59)17(43-32(58)16(7-44)40-13(2)47)11-67-35-23(42-15(4)49)29(65-34-28(56)27(55)25(53)20(9-46)63-34)26(54)21(64-35)10-62-37(36(60)61)6-18(50)22(41-14(3)48)30(66-37)24(52)19(51)8-45/h12,16-30,34-35,44-46,50-56H,6-11H2,1-5H3,(H,38,57)(H,39,59)(H,40,47)(H,41,48)(H,42,49)(H,43,58)(H,60,61)/t12-,16-,17-,18-,19+,20+,21+,22+,23+,24+,25-,26-,27-,28+,29+,30+,34-,35+,37+/m0/s1. The van der Waals surface area contributed by atoms with Gasteiger partial charge in [-0.15, -0.1) is 11.8 Å². The van der Waals surface area contributed by atoms with Gasteiger partial charge in [-0.1, -0.05) is 0 Å². The number of likely N-dealkylation sites (N-methyl/N-ethyl adjacent to an activating group) is 1. The Labute approximate surface area is 386 Å². The maximum atomic E-state index is 13.7. The van der Waals surface area contributed by atoms with Gasteiger partial charge in [0.15, 0.2) is 6.29 Å². The molecule has 3 heterocycles. The van der Waals surface area contributed by atoms with Gasteiger partial charge in [0.05, 0.1) is 44.6 Å². The number of thioether (sulfide) groups is 1. The number of hydrogen-bond donors (Lipinski definition) is 17. The van der Waals surface area contributed by atoms with Crippen molar-refractivity contribution < 1.29 is 113 Å². The highest BCUT2D eigenvalue weighted by atomic mass is 32.2. The van der Waals surface area contributed by atoms with Crippen LogP contribution in [0.3, 0.4) is 0 Å². The monoisotopic (exact) mass is 990 g/mol. The largest absolute Gasteiger partial charge is 0.477 e. The summed E-state index contributed by atoms with van der Waals surface area (Å²) in [5, 5.41) is 130. The minimum Gasteiger partial charge on any atom is -0.477 e. The molecule has 6 amide bonds. The van der Waals surface area contributed by atoms with Crippen LogP contribution in [-0.4, -0.2) is 252 Å². The minimum atomic E-state index is -2.99. The first-order valence-electron chi connectivity index (χ1n) is 20.7. The van der Waals surface area contributed by atoms with Gasteiger partial charge in [-0.3, -0.25) is 28.8 Å². The first-order valence-corrected chi connectivity index (χ1v) is 21.8. The molecule has 0 aromatic carbocycles. The number of aliphatic hydroxyl groups excluding tert-OH is 10. The van der Waals surface area contributed by atoms with E-state index in [-0.39, 0.29) is 0 Å². The van der Waals surface area contributed by atoms with Gasteiger partial charge in [0.2, 0.25) is 35.4 Å². The molecule has 0 aliphatic carbocycles. The van der Waals surface area contributed by atoms with Crippen molar-refractivity contribution in [3.05, 3.63) is 0 Å². The summed E-state index contributed by atoms with van der Waals surface area (Å²) in [5.74, 6) is -10.6. The zero-order valence-electron chi connectivity index (χ0n) is 36.9. The van der Waals surface area contributed by atoms with E-state index in [9.17, 15) is 89.7 Å². The normalized spacial score (nSPS) is 34.2. The summed E-state index contributed by atoms with van der Waals surface area (Å²) in [7, 11) is 1.28. The molecule has 29 nitrogen and oxygen atoms in total. The van der Waals surface area contributed by atoms with Crippen LogP contribution in [0.2, 0.25) is 0 Å². The molecular weight excluding hydrogens is 928 g/mol. The molecule has 67 heavy (non-hydrogen) atoms. The summed E-state index contributed by atoms with van der Waals surface area (Å²) < 4.78 is 29.0. The van der Waals surface area contributed by atoms with Crippen molar-refractivity contribution in [3.63, 3.8) is 0 Å². The van der Waals surface area contributed by atoms with Gasteiger partial charge >= 0.3 is 5.97 Å². The summed E-state index contributed by atoms with van der Waals surface area (Å²) in [6.45, 7) is 0.383. The molecule has 3 aliphatic rings. The predicted octanol–water partition coefficient (Wildman–Crippen LogP) is -10.1. The van der Waals surface area contributed by atoms with Gasteiger partial charge in [-0.05, 0) is 6.92 Å². The number of hydrogen-bond acceptors (Lipinski definition) is 23. The van der Waals surface area contributed by atoms with Gasteiger partial charge in [-0.25, -0.2) is 4.79 Å². The van der Waals surface area contributed by atoms with E-state index in [1.54, 1.807) is 0 Å². The van der Waals surface area contributed by atoms with Crippen molar-refractivity contribution in [2.45, 2.75) is 149 Å². The third-order valence-corrected chi connectivity index (χ3v) is 12.0. The lowest BCUT2D eigenvalue weighted by Gasteiger charge is -2.49. The van der Waals surface area contributed by atoms with E-state index in [0.717, 1.165) is 20.8 Å². The van der Waals surface area contributed by atoms with Crippen LogP contribution < -0.4 is 31.9 Å². The topological polar surface area (TPSA) is 460 Å². The second kappa shape index (κ2) is 25.6. The molecule has 0 bridgehead atoms. The molecule has 30 heteroatoms. The van der Waals surface area contributed by atoms with Crippen molar-refractivity contribution in [2.75, 3.05) is 39.2 Å². The lowest BCUT2D eigenvalue weighted by Crippen LogP contribution is -2.69. The molecule has 0 spiro atoms. The minimum absolute atomic E-state index is 0.570. The fourth-order valence-electron chi connectivity index (χ4n) is 7.26. The van der Waals surface area contributed by atoms with Crippen LogP contribution >= 0.6 is 11.8 Å². The van der Waals surface area contributed by atoms with E-state index in [4.69, 9.17) is 23.7 Å². The number of ether oxygens (including phenoxy) is 5. The smallest absolute Gasteiger partial charge is 0.364 e. The molecule has 0 unspecified atom stereocenters. The Morgan fingerprint density at radius 2 is 1.36 bits per heavy atom. The number of carbonyl (C=O) groups is 7. The zero-order valence-corrected chi connectivity index (χ0v) is 37.7. The Hall–Kier alpha value is -3.96. The quantitative estimate of drug-likeness (QED) is 0.0479. The van der Waals surface area contributed by atoms with Crippen molar-refractivity contribution >= 4 is 53.2 Å². The van der Waals surface area contributed by atoms with Gasteiger partial charge in [0.25, 0.3) is 5.79 Å². The van der Waals surface area contributed by atoms with E-state index in [2.05, 4.69) is 31.9 Å². The average Bonchev–Trinajstić information content (AvgIpc) is 3.27. The van der Waals surface area contributed by atoms with Crippen molar-refractivity contribution in [1.82, 2.24) is 31.9 Å². The van der Waals surface area contributed by atoms with E-state index < -0.39 is 195 Å². The van der Waals surface area contributed by atoms with Crippen molar-refractivity contribution in [1.29, 1.82) is 0 Å². The van der Waals surface area contributed by atoms with Gasteiger partial charge in [0, 0.05) is 40.0 Å². The average molecular weight is 991 g/mol. The number of aliphatic carboxylic acids is 1. The van der Waals surface area contributed by atoms with Gasteiger partial charge in [-0.2, -0.15) is 0 Å². The molecule has 0 radical (unpaired) electrons. The Morgan fingerprint density at radius 1 is 0.746 bits per heavy atom. The van der Waals surface area contributed by atoms with E-state index in [1.807, 2.05) is 0 Å². The molecule has 17 N–H and O–H groups in total. The SMILES string of the molecule is CNC(=O)[C@H](C)NC(=O)[C@H](CS[C@H]1O[C@H](CO[C@]2(C(=O)O)C[C@H](O)[C@@H](NC(C)=O)[C@H]([C@H](O)[C@H](O)CO)O2)[C@H](O)[C@H](O[C@@H]2O[C@H](CO)[C@H](O)[C@H](O)[C@H]2O)[C@H]1NC(C)=O)NC(=O)[C@H](CO)NC(C)=O. The Bertz CT molecular complexity index is 1720. The molecule has 3 rings (SSSR count). The highest BCUT2D eigenvalue weighted by Crippen LogP contribution is 2.37. The third kappa shape index (κ3) is 14.8. The number of carboxylic acids is 1. The molecule has 0 saturated carbocycles. The number of carbonyl (C=O) groups excluding carboxylic acids is 6. The molecular formula is C37H62N6O23S. The van der Waals surface area contributed by atoms with E-state index in [0.29, 0.717) is 11.8 Å². The first-order chi connectivity index (χ1) is 31.4.